The van der Waals surface area contributed by atoms with Crippen molar-refractivity contribution in [3.8, 4) is 10.6 Å². The average Bonchev–Trinajstić information content (AvgIpc) is 3.17. The van der Waals surface area contributed by atoms with Gasteiger partial charge in [0.1, 0.15) is 15.7 Å². The minimum absolute atomic E-state index is 0.0549. The van der Waals surface area contributed by atoms with Crippen molar-refractivity contribution in [3.63, 3.8) is 0 Å². The van der Waals surface area contributed by atoms with Gasteiger partial charge in [-0.2, -0.15) is 0 Å². The maximum atomic E-state index is 13.9. The largest absolute Gasteiger partial charge is 0.353 e. The highest BCUT2D eigenvalue weighted by Gasteiger charge is 2.29. The lowest BCUT2D eigenvalue weighted by Gasteiger charge is -2.32. The van der Waals surface area contributed by atoms with Crippen LogP contribution in [0.25, 0.3) is 10.6 Å². The Morgan fingerprint density at radius 2 is 1.89 bits per heavy atom. The van der Waals surface area contributed by atoms with E-state index in [0.29, 0.717) is 47.3 Å². The zero-order valence-electron chi connectivity index (χ0n) is 16.4. The van der Waals surface area contributed by atoms with Gasteiger partial charge in [-0.05, 0) is 37.8 Å². The zero-order chi connectivity index (χ0) is 20.3. The first-order valence-electron chi connectivity index (χ1n) is 9.67. The van der Waals surface area contributed by atoms with Crippen molar-refractivity contribution >= 4 is 23.2 Å². The fourth-order valence-corrected chi connectivity index (χ4v) is 4.05. The SMILES string of the molecule is CC(C)C(C)NC(=O)C1CCN(C(=O)c2cnc(-c3ccccc3F)s2)CC1. The van der Waals surface area contributed by atoms with Gasteiger partial charge in [-0.25, -0.2) is 9.37 Å². The Kier molecular flexibility index (Phi) is 6.44. The first kappa shape index (κ1) is 20.5. The van der Waals surface area contributed by atoms with Crippen molar-refractivity contribution in [1.82, 2.24) is 15.2 Å². The van der Waals surface area contributed by atoms with E-state index < -0.39 is 0 Å². The third-order valence-electron chi connectivity index (χ3n) is 5.34. The molecule has 1 aliphatic heterocycles. The molecule has 2 heterocycles. The number of halogens is 1. The number of hydrogen-bond donors (Lipinski definition) is 1. The van der Waals surface area contributed by atoms with Crippen LogP contribution in [0.1, 0.15) is 43.3 Å². The van der Waals surface area contributed by atoms with Crippen LogP contribution in [0, 0.1) is 17.7 Å². The second kappa shape index (κ2) is 8.82. The molecule has 7 heteroatoms. The quantitative estimate of drug-likeness (QED) is 0.822. The summed E-state index contributed by atoms with van der Waals surface area (Å²) >= 11 is 1.20. The normalized spacial score (nSPS) is 16.2. The Hall–Kier alpha value is -2.28. The predicted octanol–water partition coefficient (Wildman–Crippen LogP) is 3.96. The summed E-state index contributed by atoms with van der Waals surface area (Å²) in [6.45, 7) is 7.26. The number of piperidine rings is 1. The lowest BCUT2D eigenvalue weighted by Crippen LogP contribution is -2.45. The van der Waals surface area contributed by atoms with E-state index in [2.05, 4.69) is 24.1 Å². The molecule has 150 valence electrons. The van der Waals surface area contributed by atoms with Crippen LogP contribution in [0.4, 0.5) is 4.39 Å². The highest BCUT2D eigenvalue weighted by Crippen LogP contribution is 2.29. The summed E-state index contributed by atoms with van der Waals surface area (Å²) in [5.41, 5.74) is 0.404. The van der Waals surface area contributed by atoms with E-state index in [1.165, 1.54) is 23.6 Å². The van der Waals surface area contributed by atoms with Crippen LogP contribution in [-0.4, -0.2) is 40.8 Å². The van der Waals surface area contributed by atoms with Gasteiger partial charge < -0.3 is 10.2 Å². The summed E-state index contributed by atoms with van der Waals surface area (Å²) < 4.78 is 13.9. The monoisotopic (exact) mass is 403 g/mol. The van der Waals surface area contributed by atoms with Crippen LogP contribution in [0.3, 0.4) is 0 Å². The third kappa shape index (κ3) is 4.58. The third-order valence-corrected chi connectivity index (χ3v) is 6.36. The van der Waals surface area contributed by atoms with E-state index in [4.69, 9.17) is 0 Å². The number of nitrogens with zero attached hydrogens (tertiary/aromatic N) is 2. The van der Waals surface area contributed by atoms with Gasteiger partial charge in [0.25, 0.3) is 5.91 Å². The Morgan fingerprint density at radius 1 is 1.21 bits per heavy atom. The molecule has 1 saturated heterocycles. The number of benzene rings is 1. The maximum Gasteiger partial charge on any atom is 0.265 e. The second-order valence-corrected chi connectivity index (χ2v) is 8.65. The van der Waals surface area contributed by atoms with Crippen molar-refractivity contribution in [2.45, 2.75) is 39.7 Å². The van der Waals surface area contributed by atoms with Crippen molar-refractivity contribution in [1.29, 1.82) is 0 Å². The minimum Gasteiger partial charge on any atom is -0.353 e. The van der Waals surface area contributed by atoms with E-state index >= 15 is 0 Å². The van der Waals surface area contributed by atoms with E-state index in [1.54, 1.807) is 23.1 Å². The molecule has 0 spiro atoms. The molecule has 2 aromatic rings. The van der Waals surface area contributed by atoms with Gasteiger partial charge in [0, 0.05) is 30.6 Å². The zero-order valence-corrected chi connectivity index (χ0v) is 17.3. The number of carbonyl (C=O) groups excluding carboxylic acids is 2. The van der Waals surface area contributed by atoms with Gasteiger partial charge in [-0.15, -0.1) is 11.3 Å². The summed E-state index contributed by atoms with van der Waals surface area (Å²) in [5, 5.41) is 3.56. The van der Waals surface area contributed by atoms with Gasteiger partial charge in [-0.1, -0.05) is 26.0 Å². The number of amides is 2. The van der Waals surface area contributed by atoms with E-state index in [1.807, 2.05) is 6.92 Å². The molecule has 1 aromatic heterocycles. The summed E-state index contributed by atoms with van der Waals surface area (Å²) in [4.78, 5) is 31.6. The summed E-state index contributed by atoms with van der Waals surface area (Å²) in [6.07, 6.45) is 2.82. The highest BCUT2D eigenvalue weighted by atomic mass is 32.1. The molecule has 1 aromatic carbocycles. The van der Waals surface area contributed by atoms with E-state index in [-0.39, 0.29) is 29.6 Å². The minimum atomic E-state index is -0.349. The van der Waals surface area contributed by atoms with Gasteiger partial charge >= 0.3 is 0 Å². The van der Waals surface area contributed by atoms with Crippen LogP contribution < -0.4 is 5.32 Å². The molecule has 3 rings (SSSR count). The van der Waals surface area contributed by atoms with Gasteiger partial charge in [-0.3, -0.25) is 9.59 Å². The number of thiazole rings is 1. The van der Waals surface area contributed by atoms with Gasteiger partial charge in [0.05, 0.1) is 6.20 Å². The molecule has 1 atom stereocenters. The Bertz CT molecular complexity index is 844. The number of aromatic nitrogens is 1. The van der Waals surface area contributed by atoms with E-state index in [0.717, 1.165) is 0 Å². The smallest absolute Gasteiger partial charge is 0.265 e. The van der Waals surface area contributed by atoms with Crippen LogP contribution >= 0.6 is 11.3 Å². The molecule has 5 nitrogen and oxygen atoms in total. The highest BCUT2D eigenvalue weighted by molar-refractivity contribution is 7.16. The number of nitrogens with one attached hydrogen (secondary N) is 1. The molecule has 1 N–H and O–H groups in total. The molecule has 2 amide bonds. The van der Waals surface area contributed by atoms with Crippen molar-refractivity contribution in [2.75, 3.05) is 13.1 Å². The number of rotatable bonds is 5. The lowest BCUT2D eigenvalue weighted by molar-refractivity contribution is -0.127. The summed E-state index contributed by atoms with van der Waals surface area (Å²) in [7, 11) is 0. The average molecular weight is 404 g/mol. The Balaban J connectivity index is 1.59. The molecule has 1 unspecified atom stereocenters. The first-order chi connectivity index (χ1) is 13.4. The van der Waals surface area contributed by atoms with Crippen LogP contribution in [-0.2, 0) is 4.79 Å². The summed E-state index contributed by atoms with van der Waals surface area (Å²) in [5.74, 6) is -0.0398. The molecule has 1 aliphatic rings. The molecule has 1 fully saturated rings. The standard InChI is InChI=1S/C21H26FN3O2S/c1-13(2)14(3)24-19(26)15-8-10-25(11-9-15)21(27)18-12-23-20(28-18)16-6-4-5-7-17(16)22/h4-7,12-15H,8-11H2,1-3H3,(H,24,26). The fraction of sp³-hybridized carbons (Fsp3) is 0.476. The summed E-state index contributed by atoms with van der Waals surface area (Å²) in [6, 6.07) is 6.55. The fourth-order valence-electron chi connectivity index (χ4n) is 3.14. The Morgan fingerprint density at radius 3 is 2.54 bits per heavy atom. The Labute approximate surface area is 169 Å². The van der Waals surface area contributed by atoms with Crippen LogP contribution in [0.5, 0.6) is 0 Å². The predicted molar refractivity (Wildman–Crippen MR) is 109 cm³/mol. The molecule has 28 heavy (non-hydrogen) atoms. The maximum absolute atomic E-state index is 13.9. The molecular formula is C21H26FN3O2S. The van der Waals surface area contributed by atoms with Gasteiger partial charge in [0.2, 0.25) is 5.91 Å². The number of likely N-dealkylation sites (tertiary alicyclic amines) is 1. The lowest BCUT2D eigenvalue weighted by atomic mass is 9.94. The molecule has 0 radical (unpaired) electrons. The number of carbonyl (C=O) groups is 2. The number of hydrogen-bond acceptors (Lipinski definition) is 4. The second-order valence-electron chi connectivity index (χ2n) is 7.62. The molecule has 0 saturated carbocycles. The van der Waals surface area contributed by atoms with Crippen molar-refractivity contribution < 1.29 is 14.0 Å². The molecule has 0 aliphatic carbocycles. The van der Waals surface area contributed by atoms with Crippen LogP contribution in [0.15, 0.2) is 30.5 Å². The molecular weight excluding hydrogens is 377 g/mol. The topological polar surface area (TPSA) is 62.3 Å². The first-order valence-corrected chi connectivity index (χ1v) is 10.5. The van der Waals surface area contributed by atoms with Crippen LogP contribution in [0.2, 0.25) is 0 Å². The van der Waals surface area contributed by atoms with Crippen molar-refractivity contribution in [3.05, 3.63) is 41.2 Å². The van der Waals surface area contributed by atoms with Gasteiger partial charge in [0.15, 0.2) is 0 Å². The molecule has 0 bridgehead atoms. The van der Waals surface area contributed by atoms with Crippen molar-refractivity contribution in [2.24, 2.45) is 11.8 Å². The van der Waals surface area contributed by atoms with E-state index in [9.17, 15) is 14.0 Å².